The van der Waals surface area contributed by atoms with Crippen LogP contribution in [-0.2, 0) is 25.9 Å². The number of nitrogens with one attached hydrogen (secondary N) is 1. The molecule has 0 aromatic carbocycles. The third-order valence-corrected chi connectivity index (χ3v) is 5.83. The molecule has 132 valence electrons. The van der Waals surface area contributed by atoms with E-state index < -0.39 is 0 Å². The first-order chi connectivity index (χ1) is 12.1. The number of halogens is 1. The fourth-order valence-electron chi connectivity index (χ4n) is 3.26. The number of fused-ring (bicyclic) bond motifs is 2. The molecular formula is C16H18ClN5O2S. The van der Waals surface area contributed by atoms with Crippen LogP contribution in [0.15, 0.2) is 10.9 Å². The molecule has 3 aromatic heterocycles. The molecule has 0 saturated carbocycles. The molecule has 4 rings (SSSR count). The summed E-state index contributed by atoms with van der Waals surface area (Å²) in [5.74, 6) is 0.812. The van der Waals surface area contributed by atoms with Gasteiger partial charge in [-0.3, -0.25) is 14.6 Å². The van der Waals surface area contributed by atoms with Crippen molar-refractivity contribution in [1.29, 1.82) is 0 Å². The Hall–Kier alpha value is -1.90. The topological polar surface area (TPSA) is 87.0 Å². The van der Waals surface area contributed by atoms with Gasteiger partial charge in [0.25, 0.3) is 5.56 Å². The molecule has 0 radical (unpaired) electrons. The van der Waals surface area contributed by atoms with Gasteiger partial charge in [-0.2, -0.15) is 4.98 Å². The second kappa shape index (κ2) is 6.44. The number of hydrogen-bond acceptors (Lipinski definition) is 6. The molecule has 4 heterocycles. The van der Waals surface area contributed by atoms with Crippen LogP contribution >= 0.6 is 22.9 Å². The van der Waals surface area contributed by atoms with E-state index in [2.05, 4.69) is 33.0 Å². The molecule has 0 amide bonds. The van der Waals surface area contributed by atoms with Crippen molar-refractivity contribution < 1.29 is 5.11 Å². The molecule has 25 heavy (non-hydrogen) atoms. The minimum absolute atomic E-state index is 0.0432. The highest BCUT2D eigenvalue weighted by molar-refractivity contribution is 7.18. The number of nitrogens with zero attached hydrogens (tertiary/aromatic N) is 4. The monoisotopic (exact) mass is 379 g/mol. The lowest BCUT2D eigenvalue weighted by Crippen LogP contribution is -2.33. The first-order valence-electron chi connectivity index (χ1n) is 8.23. The number of H-pyrrole nitrogens is 1. The van der Waals surface area contributed by atoms with Crippen LogP contribution in [-0.4, -0.2) is 38.0 Å². The fraction of sp³-hybridized carbons (Fsp3) is 0.438. The first kappa shape index (κ1) is 16.6. The molecule has 1 aliphatic rings. The zero-order valence-corrected chi connectivity index (χ0v) is 15.3. The van der Waals surface area contributed by atoms with E-state index >= 15 is 0 Å². The van der Waals surface area contributed by atoms with Gasteiger partial charge >= 0.3 is 0 Å². The normalized spacial score (nSPS) is 14.3. The largest absolute Gasteiger partial charge is 0.394 e. The summed E-state index contributed by atoms with van der Waals surface area (Å²) < 4.78 is 1.47. The van der Waals surface area contributed by atoms with E-state index in [4.69, 9.17) is 16.7 Å². The summed E-state index contributed by atoms with van der Waals surface area (Å²) in [6, 6.07) is 2.13. The summed E-state index contributed by atoms with van der Waals surface area (Å²) >= 11 is 7.77. The van der Waals surface area contributed by atoms with Crippen molar-refractivity contribution in [3.63, 3.8) is 0 Å². The molecule has 0 aliphatic carbocycles. The molecule has 7 nitrogen and oxygen atoms in total. The minimum atomic E-state index is -0.0696. The zero-order valence-electron chi connectivity index (χ0n) is 13.8. The van der Waals surface area contributed by atoms with Gasteiger partial charge < -0.3 is 10.0 Å². The number of aliphatic hydroxyl groups excluding tert-OH is 1. The standard InChI is InChI=1S/C16H18ClN5O2S/c1-2-9-7-11-13(18-16(17)19-14(11)25-9)21-4-3-10-12(8-21)20-22(5-6-23)15(10)24/h7,20,23H,2-6,8H2,1H3. The second-order valence-electron chi connectivity index (χ2n) is 6.02. The Kier molecular flexibility index (Phi) is 4.26. The molecule has 0 saturated heterocycles. The van der Waals surface area contributed by atoms with Crippen molar-refractivity contribution in [3.8, 4) is 0 Å². The summed E-state index contributed by atoms with van der Waals surface area (Å²) in [5.41, 5.74) is 1.62. The van der Waals surface area contributed by atoms with E-state index in [9.17, 15) is 4.79 Å². The zero-order chi connectivity index (χ0) is 17.6. The van der Waals surface area contributed by atoms with Gasteiger partial charge in [0.15, 0.2) is 0 Å². The Morgan fingerprint density at radius 2 is 2.28 bits per heavy atom. The molecule has 9 heteroatoms. The van der Waals surface area contributed by atoms with Gasteiger partial charge in [0.1, 0.15) is 10.6 Å². The van der Waals surface area contributed by atoms with Gasteiger partial charge in [-0.05, 0) is 30.5 Å². The SMILES string of the molecule is CCc1cc2c(N3CCc4c([nH]n(CCO)c4=O)C3)nc(Cl)nc2s1. The number of rotatable bonds is 4. The summed E-state index contributed by atoms with van der Waals surface area (Å²) in [5, 5.41) is 13.4. The Morgan fingerprint density at radius 3 is 3.04 bits per heavy atom. The van der Waals surface area contributed by atoms with E-state index in [0.29, 0.717) is 19.5 Å². The average molecular weight is 380 g/mol. The van der Waals surface area contributed by atoms with E-state index in [1.54, 1.807) is 11.3 Å². The third kappa shape index (κ3) is 2.84. The second-order valence-corrected chi connectivity index (χ2v) is 7.48. The Morgan fingerprint density at radius 1 is 1.44 bits per heavy atom. The van der Waals surface area contributed by atoms with Gasteiger partial charge in [0, 0.05) is 17.0 Å². The predicted octanol–water partition coefficient (Wildman–Crippen LogP) is 1.95. The van der Waals surface area contributed by atoms with Gasteiger partial charge in [-0.25, -0.2) is 4.98 Å². The predicted molar refractivity (Wildman–Crippen MR) is 98.7 cm³/mol. The molecule has 1 aliphatic heterocycles. The van der Waals surface area contributed by atoms with Crippen molar-refractivity contribution in [3.05, 3.63) is 37.8 Å². The molecular weight excluding hydrogens is 362 g/mol. The molecule has 0 bridgehead atoms. The molecule has 0 spiro atoms. The highest BCUT2D eigenvalue weighted by atomic mass is 35.5. The number of aryl methyl sites for hydroxylation is 1. The van der Waals surface area contributed by atoms with Crippen LogP contribution in [0.4, 0.5) is 5.82 Å². The van der Waals surface area contributed by atoms with Crippen LogP contribution in [0.5, 0.6) is 0 Å². The Balaban J connectivity index is 1.74. The average Bonchev–Trinajstić information content (AvgIpc) is 3.15. The van der Waals surface area contributed by atoms with Crippen molar-refractivity contribution in [2.24, 2.45) is 0 Å². The van der Waals surface area contributed by atoms with Crippen LogP contribution in [0.25, 0.3) is 10.2 Å². The molecule has 3 aromatic rings. The number of aromatic amines is 1. The van der Waals surface area contributed by atoms with Crippen LogP contribution in [0, 0.1) is 0 Å². The summed E-state index contributed by atoms with van der Waals surface area (Å²) in [7, 11) is 0. The molecule has 0 unspecified atom stereocenters. The molecule has 0 atom stereocenters. The number of aromatic nitrogens is 4. The molecule has 0 fully saturated rings. The summed E-state index contributed by atoms with van der Waals surface area (Å²) in [6.45, 7) is 3.57. The van der Waals surface area contributed by atoms with Gasteiger partial charge in [-0.15, -0.1) is 11.3 Å². The van der Waals surface area contributed by atoms with E-state index in [-0.39, 0.29) is 24.0 Å². The van der Waals surface area contributed by atoms with Crippen LogP contribution in [0.2, 0.25) is 5.28 Å². The van der Waals surface area contributed by atoms with Crippen molar-refractivity contribution in [2.45, 2.75) is 32.9 Å². The van der Waals surface area contributed by atoms with E-state index in [1.165, 1.54) is 9.56 Å². The quantitative estimate of drug-likeness (QED) is 0.676. The van der Waals surface area contributed by atoms with Crippen LogP contribution in [0.3, 0.4) is 0 Å². The maximum atomic E-state index is 12.3. The lowest BCUT2D eigenvalue weighted by Gasteiger charge is -2.27. The van der Waals surface area contributed by atoms with Crippen molar-refractivity contribution >= 4 is 39.0 Å². The van der Waals surface area contributed by atoms with Gasteiger partial charge in [-0.1, -0.05) is 6.92 Å². The third-order valence-electron chi connectivity index (χ3n) is 4.49. The number of hydrogen-bond donors (Lipinski definition) is 2. The summed E-state index contributed by atoms with van der Waals surface area (Å²) in [6.07, 6.45) is 1.58. The number of anilines is 1. The van der Waals surface area contributed by atoms with E-state index in [1.807, 2.05) is 0 Å². The Bertz CT molecular complexity index is 992. The highest BCUT2D eigenvalue weighted by Crippen LogP contribution is 2.34. The van der Waals surface area contributed by atoms with Crippen molar-refractivity contribution in [2.75, 3.05) is 18.1 Å². The van der Waals surface area contributed by atoms with Crippen LogP contribution in [0.1, 0.15) is 23.1 Å². The van der Waals surface area contributed by atoms with Gasteiger partial charge in [0.2, 0.25) is 5.28 Å². The Labute approximate surface area is 152 Å². The summed E-state index contributed by atoms with van der Waals surface area (Å²) in [4.78, 5) is 25.4. The van der Waals surface area contributed by atoms with Crippen molar-refractivity contribution in [1.82, 2.24) is 19.7 Å². The highest BCUT2D eigenvalue weighted by Gasteiger charge is 2.25. The lowest BCUT2D eigenvalue weighted by molar-refractivity contribution is 0.267. The van der Waals surface area contributed by atoms with Gasteiger partial charge in [0.05, 0.1) is 30.8 Å². The molecule has 2 N–H and O–H groups in total. The number of aliphatic hydroxyl groups is 1. The lowest BCUT2D eigenvalue weighted by atomic mass is 10.1. The van der Waals surface area contributed by atoms with Crippen LogP contribution < -0.4 is 10.5 Å². The fourth-order valence-corrected chi connectivity index (χ4v) is 4.44. The first-order valence-corrected chi connectivity index (χ1v) is 9.42. The maximum absolute atomic E-state index is 12.3. The minimum Gasteiger partial charge on any atom is -0.394 e. The maximum Gasteiger partial charge on any atom is 0.270 e. The number of thiophene rings is 1. The smallest absolute Gasteiger partial charge is 0.270 e. The van der Waals surface area contributed by atoms with E-state index in [0.717, 1.165) is 33.7 Å².